The Morgan fingerprint density at radius 1 is 1.16 bits per heavy atom. The van der Waals surface area contributed by atoms with E-state index in [1.807, 2.05) is 25.1 Å². The molecule has 0 amide bonds. The molecule has 0 aromatic heterocycles. The molecule has 0 unspecified atom stereocenters. The first kappa shape index (κ1) is 31.8. The quantitative estimate of drug-likeness (QED) is 0.419. The van der Waals surface area contributed by atoms with E-state index in [2.05, 4.69) is 44.2 Å². The Balaban J connectivity index is -0.0000000534. The molecule has 0 N–H and O–H groups in total. The van der Waals surface area contributed by atoms with Crippen molar-refractivity contribution in [3.8, 4) is 0 Å². The molecule has 0 heterocycles. The summed E-state index contributed by atoms with van der Waals surface area (Å²) in [6.45, 7) is 6.40. The van der Waals surface area contributed by atoms with E-state index in [1.54, 1.807) is 23.3 Å². The predicted octanol–water partition coefficient (Wildman–Crippen LogP) is 4.46. The van der Waals surface area contributed by atoms with Gasteiger partial charge in [-0.1, -0.05) is 25.7 Å². The maximum absolute atomic E-state index is 3.03. The molecule has 0 aromatic carbocycles. The summed E-state index contributed by atoms with van der Waals surface area (Å²) in [5.41, 5.74) is 0.380. The van der Waals surface area contributed by atoms with Gasteiger partial charge in [-0.25, -0.2) is 24.3 Å². The van der Waals surface area contributed by atoms with E-state index in [0.29, 0.717) is 5.41 Å². The summed E-state index contributed by atoms with van der Waals surface area (Å²) in [5, 5.41) is 0. The third-order valence-electron chi connectivity index (χ3n) is 1.96. The fourth-order valence-corrected chi connectivity index (χ4v) is 1.07. The van der Waals surface area contributed by atoms with Gasteiger partial charge < -0.3 is 14.9 Å². The molecule has 0 fully saturated rings. The molecule has 0 atom stereocenters. The molecule has 112 valence electrons. The molecule has 0 nitrogen and oxygen atoms in total. The van der Waals surface area contributed by atoms with Crippen molar-refractivity contribution in [3.05, 3.63) is 63.5 Å². The number of rotatable bonds is 0. The van der Waals surface area contributed by atoms with Crippen molar-refractivity contribution in [2.24, 2.45) is 5.41 Å². The zero-order valence-corrected chi connectivity index (χ0v) is 17.9. The molecule has 0 saturated heterocycles. The third kappa shape index (κ3) is 21.1. The fraction of sp³-hybridized carbons (Fsp3) is 0.333. The van der Waals surface area contributed by atoms with Gasteiger partial charge in [-0.2, -0.15) is 12.2 Å². The van der Waals surface area contributed by atoms with Crippen LogP contribution in [0, 0.1) is 32.4 Å². The minimum atomic E-state index is 0. The summed E-state index contributed by atoms with van der Waals surface area (Å²) in [4.78, 5) is 0. The Kier molecular flexibility index (Phi) is 35.1. The van der Waals surface area contributed by atoms with E-state index in [0.717, 1.165) is 12.8 Å². The molecule has 2 rings (SSSR count). The average molecular weight is 397 g/mol. The van der Waals surface area contributed by atoms with Gasteiger partial charge in [-0.15, -0.1) is 31.2 Å². The van der Waals surface area contributed by atoms with Crippen LogP contribution in [0.1, 0.15) is 26.7 Å². The van der Waals surface area contributed by atoms with Gasteiger partial charge in [0, 0.05) is 0 Å². The molecule has 4 heteroatoms. The van der Waals surface area contributed by atoms with Crippen molar-refractivity contribution in [3.63, 3.8) is 0 Å². The van der Waals surface area contributed by atoms with Crippen molar-refractivity contribution in [2.45, 2.75) is 26.7 Å². The number of hydrogen-bond acceptors (Lipinski definition) is 0. The van der Waals surface area contributed by atoms with Gasteiger partial charge in [0.05, 0.1) is 0 Å². The normalized spacial score (nSPS) is 14.8. The van der Waals surface area contributed by atoms with Crippen LogP contribution in [0.4, 0.5) is 0 Å². The van der Waals surface area contributed by atoms with Gasteiger partial charge in [0.2, 0.25) is 0 Å². The molecule has 2 aliphatic rings. The molecule has 0 saturated carbocycles. The monoisotopic (exact) mass is 394 g/mol. The molecule has 0 aliphatic heterocycles. The van der Waals surface area contributed by atoms with Crippen molar-refractivity contribution >= 4 is 31.7 Å². The Labute approximate surface area is 149 Å². The van der Waals surface area contributed by atoms with Crippen LogP contribution in [-0.4, -0.2) is 6.88 Å². The molecule has 0 bridgehead atoms. The second-order valence-corrected chi connectivity index (χ2v) is 3.90. The van der Waals surface area contributed by atoms with Crippen LogP contribution in [0.15, 0.2) is 36.5 Å². The first-order chi connectivity index (χ1) is 7.21. The summed E-state index contributed by atoms with van der Waals surface area (Å²) in [6.07, 6.45) is 20.4. The van der Waals surface area contributed by atoms with E-state index in [9.17, 15) is 0 Å². The zero-order valence-electron chi connectivity index (χ0n) is 12.4. The van der Waals surface area contributed by atoms with Gasteiger partial charge in [-0.3, -0.25) is 12.2 Å². The molecule has 0 radical (unpaired) electrons. The standard InChI is InChI=1S/C8H11.C5H5.2CH3.2ClH.H2Si.Zr/c1-8(2)6-4-3-5-7-8;1-2-4-5-3-1;;;;;;/h4-6H,7H2,1-2H3;1-3H,4H2;2*1H3;2*1H;1H2;/q4*-1;;;;. The second kappa shape index (κ2) is 20.9. The van der Waals surface area contributed by atoms with Crippen molar-refractivity contribution in [2.75, 3.05) is 0 Å². The molecule has 0 aromatic rings. The Bertz CT molecular complexity index is 272. The van der Waals surface area contributed by atoms with Gasteiger partial charge in [-0.05, 0) is 0 Å². The third-order valence-corrected chi connectivity index (χ3v) is 1.96. The Hall–Kier alpha value is 0.640. The number of halogens is 2. The van der Waals surface area contributed by atoms with Crippen LogP contribution in [0.25, 0.3) is 0 Å². The first-order valence-corrected chi connectivity index (χ1v) is 11.0. The van der Waals surface area contributed by atoms with Gasteiger partial charge >= 0.3 is 30.2 Å². The molecular weight excluding hydrogens is 370 g/mol. The van der Waals surface area contributed by atoms with E-state index >= 15 is 0 Å². The topological polar surface area (TPSA) is 0 Å². The van der Waals surface area contributed by atoms with Gasteiger partial charge in [0.25, 0.3) is 0 Å². The average Bonchev–Trinajstić information content (AvgIpc) is 2.78. The van der Waals surface area contributed by atoms with Crippen molar-refractivity contribution in [1.82, 2.24) is 0 Å². The summed E-state index contributed by atoms with van der Waals surface area (Å²) >= 11 is 1.58. The van der Waals surface area contributed by atoms with Crippen LogP contribution >= 0.6 is 24.8 Å². The van der Waals surface area contributed by atoms with E-state index in [4.69, 9.17) is 0 Å². The zero-order chi connectivity index (χ0) is 11.6. The van der Waals surface area contributed by atoms with E-state index < -0.39 is 0 Å². The fourth-order valence-electron chi connectivity index (χ4n) is 1.07. The predicted molar refractivity (Wildman–Crippen MR) is 92.8 cm³/mol. The van der Waals surface area contributed by atoms with E-state index in [1.165, 1.54) is 0 Å². The van der Waals surface area contributed by atoms with Gasteiger partial charge in [0.1, 0.15) is 0 Å². The minimum absolute atomic E-state index is 0. The molecular formula is C15H26Cl2SiZr-4. The van der Waals surface area contributed by atoms with Crippen LogP contribution in [0.2, 0.25) is 0 Å². The molecule has 0 spiro atoms. The van der Waals surface area contributed by atoms with E-state index in [-0.39, 0.29) is 39.7 Å². The Morgan fingerprint density at radius 3 is 1.89 bits per heavy atom. The molecule has 2 aliphatic carbocycles. The summed E-state index contributed by atoms with van der Waals surface area (Å²) in [5.74, 6) is 0. The van der Waals surface area contributed by atoms with Crippen LogP contribution < -0.4 is 0 Å². The summed E-state index contributed by atoms with van der Waals surface area (Å²) in [6, 6.07) is 0. The van der Waals surface area contributed by atoms with Crippen LogP contribution in [-0.2, 0) is 23.3 Å². The maximum atomic E-state index is 3.03. The SMILES string of the molecule is CC1(C)C=C[C-]=CC1.Cl.Cl.[C-]1=CC=CC1.[CH3-].[CH3-].[SiH2]=[Zr]. The van der Waals surface area contributed by atoms with Crippen molar-refractivity contribution < 1.29 is 23.3 Å². The van der Waals surface area contributed by atoms with Crippen molar-refractivity contribution in [1.29, 1.82) is 0 Å². The molecule has 19 heavy (non-hydrogen) atoms. The second-order valence-electron chi connectivity index (χ2n) is 3.90. The van der Waals surface area contributed by atoms with Crippen LogP contribution in [0.5, 0.6) is 0 Å². The number of hydrogen-bond donors (Lipinski definition) is 0. The summed E-state index contributed by atoms with van der Waals surface area (Å²) in [7, 11) is 0. The van der Waals surface area contributed by atoms with Gasteiger partial charge in [0.15, 0.2) is 0 Å². The number of allylic oxidation sites excluding steroid dienone is 8. The summed E-state index contributed by atoms with van der Waals surface area (Å²) < 4.78 is 0. The first-order valence-electron chi connectivity index (χ1n) is 5.03. The Morgan fingerprint density at radius 2 is 1.74 bits per heavy atom. The van der Waals surface area contributed by atoms with Crippen LogP contribution in [0.3, 0.4) is 0 Å².